The zero-order valence-corrected chi connectivity index (χ0v) is 11.1. The minimum atomic E-state index is -3.97. The predicted molar refractivity (Wildman–Crippen MR) is 66.0 cm³/mol. The highest BCUT2D eigenvalue weighted by atomic mass is 32.2. The summed E-state index contributed by atoms with van der Waals surface area (Å²) < 4.78 is 38.7. The van der Waals surface area contributed by atoms with E-state index in [-0.39, 0.29) is 11.3 Å². The van der Waals surface area contributed by atoms with Gasteiger partial charge in [-0.25, -0.2) is 12.8 Å². The average molecular weight is 287 g/mol. The van der Waals surface area contributed by atoms with E-state index in [2.05, 4.69) is 0 Å². The van der Waals surface area contributed by atoms with Crippen LogP contribution in [0.4, 0.5) is 4.39 Å². The molecule has 104 valence electrons. The maximum absolute atomic E-state index is 13.3. The highest BCUT2D eigenvalue weighted by molar-refractivity contribution is 7.89. The quantitative estimate of drug-likeness (QED) is 0.906. The lowest BCUT2D eigenvalue weighted by molar-refractivity contribution is -0.140. The van der Waals surface area contributed by atoms with Gasteiger partial charge in [0.1, 0.15) is 12.2 Å². The van der Waals surface area contributed by atoms with Crippen molar-refractivity contribution >= 4 is 16.0 Å². The number of hydrogen-bond donors (Lipinski definition) is 1. The normalized spacial score (nSPS) is 24.5. The highest BCUT2D eigenvalue weighted by Crippen LogP contribution is 2.28. The number of aryl methyl sites for hydroxylation is 1. The van der Waals surface area contributed by atoms with Crippen molar-refractivity contribution in [2.24, 2.45) is 0 Å². The van der Waals surface area contributed by atoms with E-state index < -0.39 is 34.8 Å². The lowest BCUT2D eigenvalue weighted by atomic mass is 10.2. The fourth-order valence-corrected chi connectivity index (χ4v) is 3.71. The second-order valence-corrected chi connectivity index (χ2v) is 6.47. The molecule has 0 aromatic heterocycles. The van der Waals surface area contributed by atoms with Crippen LogP contribution in [-0.2, 0) is 14.8 Å². The first kappa shape index (κ1) is 14.0. The number of rotatable bonds is 3. The Bertz CT molecular complexity index is 584. The number of carbonyl (C=O) groups is 1. The molecule has 0 amide bonds. The van der Waals surface area contributed by atoms with Crippen molar-refractivity contribution in [1.29, 1.82) is 0 Å². The van der Waals surface area contributed by atoms with Crippen LogP contribution in [0, 0.1) is 6.92 Å². The van der Waals surface area contributed by atoms with Crippen LogP contribution in [-0.4, -0.2) is 42.6 Å². The summed E-state index contributed by atoms with van der Waals surface area (Å²) in [5.41, 5.74) is 0.888. The monoisotopic (exact) mass is 287 g/mol. The van der Waals surface area contributed by atoms with Gasteiger partial charge < -0.3 is 5.11 Å². The molecule has 1 saturated heterocycles. The Morgan fingerprint density at radius 2 is 1.95 bits per heavy atom. The van der Waals surface area contributed by atoms with Crippen molar-refractivity contribution < 1.29 is 22.7 Å². The first-order valence-electron chi connectivity index (χ1n) is 5.78. The summed E-state index contributed by atoms with van der Waals surface area (Å²) in [6.45, 7) is 1.40. The number of carboxylic acid groups (broad SMARTS) is 1. The highest BCUT2D eigenvalue weighted by Gasteiger charge is 2.44. The lowest BCUT2D eigenvalue weighted by Crippen LogP contribution is -2.40. The first-order chi connectivity index (χ1) is 8.82. The Morgan fingerprint density at radius 3 is 2.47 bits per heavy atom. The lowest BCUT2D eigenvalue weighted by Gasteiger charge is -2.20. The van der Waals surface area contributed by atoms with E-state index in [1.807, 2.05) is 6.92 Å². The molecule has 1 aliphatic heterocycles. The van der Waals surface area contributed by atoms with E-state index in [4.69, 9.17) is 5.11 Å². The van der Waals surface area contributed by atoms with Crippen molar-refractivity contribution in [1.82, 2.24) is 4.31 Å². The topological polar surface area (TPSA) is 74.7 Å². The van der Waals surface area contributed by atoms with Crippen molar-refractivity contribution in [3.05, 3.63) is 29.8 Å². The molecule has 1 fully saturated rings. The summed E-state index contributed by atoms with van der Waals surface area (Å²) in [6, 6.07) is 4.70. The molecule has 1 aliphatic rings. The molecule has 2 atom stereocenters. The smallest absolute Gasteiger partial charge is 0.322 e. The summed E-state index contributed by atoms with van der Waals surface area (Å²) in [7, 11) is -3.97. The average Bonchev–Trinajstić information content (AvgIpc) is 2.73. The minimum Gasteiger partial charge on any atom is -0.480 e. The molecule has 5 nitrogen and oxygen atoms in total. The molecular weight excluding hydrogens is 273 g/mol. The molecule has 2 rings (SSSR count). The Kier molecular flexibility index (Phi) is 3.60. The Balaban J connectivity index is 2.38. The minimum absolute atomic E-state index is 0.0153. The molecule has 1 N–H and O–H groups in total. The van der Waals surface area contributed by atoms with Gasteiger partial charge in [0, 0.05) is 13.0 Å². The molecule has 1 aromatic rings. The molecule has 0 spiro atoms. The maximum atomic E-state index is 13.3. The van der Waals surface area contributed by atoms with E-state index >= 15 is 0 Å². The van der Waals surface area contributed by atoms with Crippen LogP contribution in [0.2, 0.25) is 0 Å². The van der Waals surface area contributed by atoms with Gasteiger partial charge >= 0.3 is 5.97 Å². The van der Waals surface area contributed by atoms with Crippen LogP contribution >= 0.6 is 0 Å². The van der Waals surface area contributed by atoms with Crippen molar-refractivity contribution in [2.75, 3.05) is 6.54 Å². The zero-order chi connectivity index (χ0) is 14.2. The Labute approximate surface area is 110 Å². The van der Waals surface area contributed by atoms with Gasteiger partial charge in [-0.3, -0.25) is 4.79 Å². The number of aliphatic carboxylic acids is 1. The van der Waals surface area contributed by atoms with Gasteiger partial charge in [-0.1, -0.05) is 17.7 Å². The van der Waals surface area contributed by atoms with Crippen LogP contribution in [0.5, 0.6) is 0 Å². The fourth-order valence-electron chi connectivity index (χ4n) is 2.09. The van der Waals surface area contributed by atoms with E-state index in [1.165, 1.54) is 12.1 Å². The third-order valence-corrected chi connectivity index (χ3v) is 5.01. The van der Waals surface area contributed by atoms with E-state index in [0.717, 1.165) is 9.87 Å². The number of alkyl halides is 1. The number of carboxylic acids is 1. The van der Waals surface area contributed by atoms with Crippen LogP contribution in [0.3, 0.4) is 0 Å². The summed E-state index contributed by atoms with van der Waals surface area (Å²) in [6.07, 6.45) is -1.75. The number of nitrogens with zero attached hydrogens (tertiary/aromatic N) is 1. The molecule has 7 heteroatoms. The summed E-state index contributed by atoms with van der Waals surface area (Å²) in [4.78, 5) is 11.0. The second-order valence-electron chi connectivity index (χ2n) is 4.57. The van der Waals surface area contributed by atoms with Crippen molar-refractivity contribution in [3.63, 3.8) is 0 Å². The van der Waals surface area contributed by atoms with Crippen LogP contribution in [0.1, 0.15) is 12.0 Å². The largest absolute Gasteiger partial charge is 0.480 e. The van der Waals surface area contributed by atoms with Crippen LogP contribution in [0.25, 0.3) is 0 Å². The summed E-state index contributed by atoms with van der Waals surface area (Å²) >= 11 is 0. The standard InChI is InChI=1S/C12H14FNO4S/c1-8-2-4-10(5-3-8)19(17,18)14-7-9(13)6-11(14)12(15)16/h2-5,9,11H,6-7H2,1H3,(H,15,16)/t9?,11-/m0/s1. The second kappa shape index (κ2) is 4.90. The number of halogens is 1. The Hall–Kier alpha value is -1.47. The molecule has 0 radical (unpaired) electrons. The molecule has 1 unspecified atom stereocenters. The van der Waals surface area contributed by atoms with Gasteiger partial charge in [0.05, 0.1) is 4.90 Å². The van der Waals surface area contributed by atoms with Gasteiger partial charge in [0.25, 0.3) is 0 Å². The van der Waals surface area contributed by atoms with Gasteiger partial charge in [-0.15, -0.1) is 0 Å². The van der Waals surface area contributed by atoms with Crippen LogP contribution < -0.4 is 0 Å². The Morgan fingerprint density at radius 1 is 1.37 bits per heavy atom. The van der Waals surface area contributed by atoms with Gasteiger partial charge in [-0.2, -0.15) is 4.31 Å². The first-order valence-corrected chi connectivity index (χ1v) is 7.22. The molecule has 0 saturated carbocycles. The van der Waals surface area contributed by atoms with Gasteiger partial charge in [0.2, 0.25) is 10.0 Å². The van der Waals surface area contributed by atoms with Crippen LogP contribution in [0.15, 0.2) is 29.2 Å². The summed E-state index contributed by atoms with van der Waals surface area (Å²) in [5.74, 6) is -1.32. The van der Waals surface area contributed by atoms with Gasteiger partial charge in [0.15, 0.2) is 0 Å². The molecule has 0 aliphatic carbocycles. The third-order valence-electron chi connectivity index (χ3n) is 3.12. The SMILES string of the molecule is Cc1ccc(S(=O)(=O)N2CC(F)C[C@H]2C(=O)O)cc1. The number of benzene rings is 1. The number of hydrogen-bond acceptors (Lipinski definition) is 3. The zero-order valence-electron chi connectivity index (χ0n) is 10.3. The number of sulfonamides is 1. The molecular formula is C12H14FNO4S. The van der Waals surface area contributed by atoms with E-state index in [9.17, 15) is 17.6 Å². The van der Waals surface area contributed by atoms with Crippen molar-refractivity contribution in [3.8, 4) is 0 Å². The molecule has 19 heavy (non-hydrogen) atoms. The molecule has 1 heterocycles. The molecule has 1 aromatic carbocycles. The predicted octanol–water partition coefficient (Wildman–Crippen LogP) is 1.18. The maximum Gasteiger partial charge on any atom is 0.322 e. The summed E-state index contributed by atoms with van der Waals surface area (Å²) in [5, 5.41) is 8.98. The third kappa shape index (κ3) is 2.62. The van der Waals surface area contributed by atoms with Crippen molar-refractivity contribution in [2.45, 2.75) is 30.5 Å². The van der Waals surface area contributed by atoms with E-state index in [0.29, 0.717) is 0 Å². The van der Waals surface area contributed by atoms with Gasteiger partial charge in [-0.05, 0) is 19.1 Å². The molecule has 0 bridgehead atoms. The fraction of sp³-hybridized carbons (Fsp3) is 0.417. The van der Waals surface area contributed by atoms with E-state index in [1.54, 1.807) is 12.1 Å².